The van der Waals surface area contributed by atoms with E-state index in [0.29, 0.717) is 12.8 Å². The molecule has 1 aliphatic heterocycles. The van der Waals surface area contributed by atoms with Crippen molar-refractivity contribution < 1.29 is 13.2 Å². The van der Waals surface area contributed by atoms with Crippen LogP contribution in [-0.4, -0.2) is 13.1 Å². The number of benzene rings is 1. The molecule has 4 heteroatoms. The number of alkyl halides is 1. The van der Waals surface area contributed by atoms with Crippen LogP contribution in [0.25, 0.3) is 0 Å². The highest BCUT2D eigenvalue weighted by atomic mass is 19.1. The van der Waals surface area contributed by atoms with Crippen molar-refractivity contribution in [3.63, 3.8) is 0 Å². The molecular formula is C12H14F3N. The van der Waals surface area contributed by atoms with E-state index >= 15 is 0 Å². The Balaban J connectivity index is 2.15. The van der Waals surface area contributed by atoms with Crippen molar-refractivity contribution in [2.24, 2.45) is 5.92 Å². The summed E-state index contributed by atoms with van der Waals surface area (Å²) in [6.07, 6.45) is 0.0541. The molecule has 0 saturated carbocycles. The quantitative estimate of drug-likeness (QED) is 0.822. The summed E-state index contributed by atoms with van der Waals surface area (Å²) in [6, 6.07) is 3.05. The van der Waals surface area contributed by atoms with Gasteiger partial charge in [-0.3, -0.25) is 0 Å². The van der Waals surface area contributed by atoms with Crippen LogP contribution in [-0.2, 0) is 0 Å². The van der Waals surface area contributed by atoms with E-state index in [1.807, 2.05) is 0 Å². The Bertz CT molecular complexity index is 361. The maximum Gasteiger partial charge on any atom is 0.132 e. The van der Waals surface area contributed by atoms with Gasteiger partial charge >= 0.3 is 0 Å². The standard InChI is InChI=1S/C12H14F3N/c13-9-1-2-10(11(14)7-9)12(15)8-3-5-16-6-4-8/h1-2,7-8,12,16H,3-6H2. The van der Waals surface area contributed by atoms with Crippen LogP contribution in [0.5, 0.6) is 0 Å². The van der Waals surface area contributed by atoms with E-state index in [2.05, 4.69) is 5.32 Å². The molecule has 1 nitrogen and oxygen atoms in total. The van der Waals surface area contributed by atoms with Gasteiger partial charge in [0, 0.05) is 11.6 Å². The van der Waals surface area contributed by atoms with E-state index in [0.717, 1.165) is 25.2 Å². The molecule has 0 aliphatic carbocycles. The topological polar surface area (TPSA) is 12.0 Å². The number of rotatable bonds is 2. The summed E-state index contributed by atoms with van der Waals surface area (Å²) in [5.41, 5.74) is -0.0201. The summed E-state index contributed by atoms with van der Waals surface area (Å²) >= 11 is 0. The molecule has 0 amide bonds. The van der Waals surface area contributed by atoms with Crippen molar-refractivity contribution in [1.82, 2.24) is 5.32 Å². The molecule has 1 atom stereocenters. The van der Waals surface area contributed by atoms with Gasteiger partial charge in [-0.15, -0.1) is 0 Å². The Morgan fingerprint density at radius 2 is 1.88 bits per heavy atom. The predicted molar refractivity (Wildman–Crippen MR) is 55.8 cm³/mol. The van der Waals surface area contributed by atoms with Crippen molar-refractivity contribution >= 4 is 0 Å². The molecule has 16 heavy (non-hydrogen) atoms. The lowest BCUT2D eigenvalue weighted by Crippen LogP contribution is -2.30. The normalized spacial score (nSPS) is 19.7. The molecule has 1 unspecified atom stereocenters. The van der Waals surface area contributed by atoms with Crippen molar-refractivity contribution in [2.45, 2.75) is 19.0 Å². The highest BCUT2D eigenvalue weighted by Gasteiger charge is 2.26. The fourth-order valence-electron chi connectivity index (χ4n) is 2.12. The van der Waals surface area contributed by atoms with Crippen LogP contribution >= 0.6 is 0 Å². The molecule has 0 aromatic heterocycles. The fraction of sp³-hybridized carbons (Fsp3) is 0.500. The van der Waals surface area contributed by atoms with Crippen LogP contribution in [0.15, 0.2) is 18.2 Å². The molecule has 0 spiro atoms. The first-order chi connectivity index (χ1) is 7.68. The predicted octanol–water partition coefficient (Wildman–Crippen LogP) is 2.98. The number of hydrogen-bond acceptors (Lipinski definition) is 1. The van der Waals surface area contributed by atoms with Gasteiger partial charge in [0.25, 0.3) is 0 Å². The van der Waals surface area contributed by atoms with Crippen molar-refractivity contribution in [3.8, 4) is 0 Å². The van der Waals surface area contributed by atoms with E-state index in [4.69, 9.17) is 0 Å². The van der Waals surface area contributed by atoms with Gasteiger partial charge in [0.15, 0.2) is 0 Å². The number of halogens is 3. The van der Waals surface area contributed by atoms with E-state index in [1.165, 1.54) is 6.07 Å². The maximum absolute atomic E-state index is 14.0. The molecule has 1 saturated heterocycles. The molecule has 0 radical (unpaired) electrons. The highest BCUT2D eigenvalue weighted by molar-refractivity contribution is 5.21. The van der Waals surface area contributed by atoms with E-state index in [9.17, 15) is 13.2 Å². The zero-order valence-corrected chi connectivity index (χ0v) is 8.85. The first kappa shape index (κ1) is 11.5. The lowest BCUT2D eigenvalue weighted by atomic mass is 9.89. The van der Waals surface area contributed by atoms with Gasteiger partial charge in [-0.05, 0) is 37.9 Å². The van der Waals surface area contributed by atoms with Crippen LogP contribution in [0.1, 0.15) is 24.6 Å². The van der Waals surface area contributed by atoms with Gasteiger partial charge in [0.05, 0.1) is 0 Å². The zero-order valence-electron chi connectivity index (χ0n) is 8.85. The average Bonchev–Trinajstić information content (AvgIpc) is 2.29. The molecule has 1 fully saturated rings. The van der Waals surface area contributed by atoms with Gasteiger partial charge in [0.1, 0.15) is 17.8 Å². The van der Waals surface area contributed by atoms with Crippen molar-refractivity contribution in [1.29, 1.82) is 0 Å². The minimum atomic E-state index is -1.33. The van der Waals surface area contributed by atoms with Gasteiger partial charge in [-0.2, -0.15) is 0 Å². The lowest BCUT2D eigenvalue weighted by molar-refractivity contribution is 0.185. The summed E-state index contributed by atoms with van der Waals surface area (Å²) in [5, 5.41) is 3.12. The maximum atomic E-state index is 14.0. The molecule has 1 aromatic rings. The van der Waals surface area contributed by atoms with Crippen LogP contribution in [0.2, 0.25) is 0 Å². The third-order valence-electron chi connectivity index (χ3n) is 3.06. The minimum Gasteiger partial charge on any atom is -0.317 e. The summed E-state index contributed by atoms with van der Waals surface area (Å²) in [5.74, 6) is -1.62. The summed E-state index contributed by atoms with van der Waals surface area (Å²) in [6.45, 7) is 1.52. The van der Waals surface area contributed by atoms with Crippen LogP contribution < -0.4 is 5.32 Å². The molecule has 1 aliphatic rings. The van der Waals surface area contributed by atoms with Crippen molar-refractivity contribution in [2.75, 3.05) is 13.1 Å². The second kappa shape index (κ2) is 4.87. The minimum absolute atomic E-state index is 0.0201. The summed E-state index contributed by atoms with van der Waals surface area (Å²) in [4.78, 5) is 0. The number of hydrogen-bond donors (Lipinski definition) is 1. The first-order valence-electron chi connectivity index (χ1n) is 5.48. The lowest BCUT2D eigenvalue weighted by Gasteiger charge is -2.26. The highest BCUT2D eigenvalue weighted by Crippen LogP contribution is 2.33. The summed E-state index contributed by atoms with van der Waals surface area (Å²) < 4.78 is 40.1. The van der Waals surface area contributed by atoms with E-state index in [-0.39, 0.29) is 11.5 Å². The largest absolute Gasteiger partial charge is 0.317 e. The SMILES string of the molecule is Fc1ccc(C(F)C2CCNCC2)c(F)c1. The Kier molecular flexibility index (Phi) is 3.49. The Labute approximate surface area is 92.7 Å². The second-order valence-electron chi connectivity index (χ2n) is 4.16. The van der Waals surface area contributed by atoms with Crippen LogP contribution in [0.3, 0.4) is 0 Å². The third kappa shape index (κ3) is 2.38. The molecule has 2 rings (SSSR count). The van der Waals surface area contributed by atoms with Gasteiger partial charge in [0.2, 0.25) is 0 Å². The van der Waals surface area contributed by atoms with E-state index in [1.54, 1.807) is 0 Å². The monoisotopic (exact) mass is 229 g/mol. The summed E-state index contributed by atoms with van der Waals surface area (Å²) in [7, 11) is 0. The van der Waals surface area contributed by atoms with Gasteiger partial charge < -0.3 is 5.32 Å². The van der Waals surface area contributed by atoms with Gasteiger partial charge in [-0.25, -0.2) is 13.2 Å². The molecule has 1 heterocycles. The third-order valence-corrected chi connectivity index (χ3v) is 3.06. The average molecular weight is 229 g/mol. The van der Waals surface area contributed by atoms with Crippen molar-refractivity contribution in [3.05, 3.63) is 35.4 Å². The van der Waals surface area contributed by atoms with Crippen LogP contribution in [0, 0.1) is 17.6 Å². The number of piperidine rings is 1. The molecule has 1 N–H and O–H groups in total. The van der Waals surface area contributed by atoms with E-state index < -0.39 is 17.8 Å². The number of nitrogens with one attached hydrogen (secondary N) is 1. The molecular weight excluding hydrogens is 215 g/mol. The molecule has 1 aromatic carbocycles. The second-order valence-corrected chi connectivity index (χ2v) is 4.16. The zero-order chi connectivity index (χ0) is 11.5. The Morgan fingerprint density at radius 1 is 1.19 bits per heavy atom. The first-order valence-corrected chi connectivity index (χ1v) is 5.48. The van der Waals surface area contributed by atoms with Gasteiger partial charge in [-0.1, -0.05) is 6.07 Å². The molecule has 0 bridgehead atoms. The Hall–Kier alpha value is -1.03. The smallest absolute Gasteiger partial charge is 0.132 e. The fourth-order valence-corrected chi connectivity index (χ4v) is 2.12. The van der Waals surface area contributed by atoms with Crippen LogP contribution in [0.4, 0.5) is 13.2 Å². The molecule has 88 valence electrons. The Morgan fingerprint density at radius 3 is 2.50 bits per heavy atom.